The van der Waals surface area contributed by atoms with Gasteiger partial charge < -0.3 is 19.8 Å². The van der Waals surface area contributed by atoms with E-state index in [0.29, 0.717) is 23.9 Å². The quantitative estimate of drug-likeness (QED) is 0.0318. The van der Waals surface area contributed by atoms with Gasteiger partial charge in [0.25, 0.3) is 0 Å². The van der Waals surface area contributed by atoms with E-state index in [0.717, 1.165) is 38.5 Å². The summed E-state index contributed by atoms with van der Waals surface area (Å²) in [5.74, 6) is -0.132. The summed E-state index contributed by atoms with van der Waals surface area (Å²) in [6.07, 6.45) is 82.3. The van der Waals surface area contributed by atoms with E-state index in [2.05, 4.69) is 19.2 Å². The Labute approximate surface area is 514 Å². The lowest BCUT2D eigenvalue weighted by atomic mass is 10.0. The lowest BCUT2D eigenvalue weighted by molar-refractivity contribution is -0.870. The summed E-state index contributed by atoms with van der Waals surface area (Å²) in [7, 11) is 1.64. The van der Waals surface area contributed by atoms with Crippen LogP contribution in [0.3, 0.4) is 0 Å². The number of hydrogen-bond donors (Lipinski definition) is 3. The van der Waals surface area contributed by atoms with Crippen molar-refractivity contribution in [3.63, 3.8) is 0 Å². The molecular weight excluding hydrogens is 1030 g/mol. The molecule has 0 saturated heterocycles. The van der Waals surface area contributed by atoms with Gasteiger partial charge in [-0.25, -0.2) is 4.57 Å². The first-order valence-electron chi connectivity index (χ1n) is 37.4. The number of quaternary nitrogens is 1. The molecular formula is C73H150N2O6P+. The number of unbranched alkanes of at least 4 members (excludes halogenated alkanes) is 58. The highest BCUT2D eigenvalue weighted by Gasteiger charge is 2.28. The third-order valence-corrected chi connectivity index (χ3v) is 18.8. The molecule has 0 bridgehead atoms. The largest absolute Gasteiger partial charge is 0.472 e. The van der Waals surface area contributed by atoms with Crippen molar-refractivity contribution in [2.24, 2.45) is 0 Å². The number of amides is 1. The Hall–Kier alpha value is -0.500. The average Bonchev–Trinajstić information content (AvgIpc) is 3.46. The van der Waals surface area contributed by atoms with E-state index in [1.165, 1.54) is 347 Å². The van der Waals surface area contributed by atoms with Gasteiger partial charge >= 0.3 is 7.82 Å². The van der Waals surface area contributed by atoms with E-state index < -0.39 is 20.0 Å². The Morgan fingerprint density at radius 2 is 0.585 bits per heavy atom. The third kappa shape index (κ3) is 67.0. The van der Waals surface area contributed by atoms with Gasteiger partial charge in [0.05, 0.1) is 39.9 Å². The Morgan fingerprint density at radius 3 is 0.817 bits per heavy atom. The molecule has 82 heavy (non-hydrogen) atoms. The van der Waals surface area contributed by atoms with Crippen LogP contribution in [0.2, 0.25) is 0 Å². The molecule has 0 saturated carbocycles. The molecule has 0 aliphatic carbocycles. The van der Waals surface area contributed by atoms with Crippen LogP contribution >= 0.6 is 7.82 Å². The van der Waals surface area contributed by atoms with Crippen LogP contribution in [0, 0.1) is 0 Å². The highest BCUT2D eigenvalue weighted by molar-refractivity contribution is 7.47. The number of likely N-dealkylation sites (N-methyl/N-ethyl adjacent to an activating group) is 1. The number of carbonyl (C=O) groups is 1. The second kappa shape index (κ2) is 65.0. The van der Waals surface area contributed by atoms with Gasteiger partial charge in [0.2, 0.25) is 5.91 Å². The second-order valence-corrected chi connectivity index (χ2v) is 28.9. The van der Waals surface area contributed by atoms with Gasteiger partial charge in [-0.15, -0.1) is 0 Å². The van der Waals surface area contributed by atoms with Crippen molar-refractivity contribution < 1.29 is 32.9 Å². The molecule has 0 rings (SSSR count). The Morgan fingerprint density at radius 1 is 0.366 bits per heavy atom. The van der Waals surface area contributed by atoms with Crippen LogP contribution in [-0.2, 0) is 18.4 Å². The summed E-state index contributed by atoms with van der Waals surface area (Å²) in [4.78, 5) is 23.5. The zero-order chi connectivity index (χ0) is 59.8. The van der Waals surface area contributed by atoms with Crippen LogP contribution in [0.4, 0.5) is 0 Å². The van der Waals surface area contributed by atoms with Crippen molar-refractivity contribution in [2.45, 2.75) is 424 Å². The van der Waals surface area contributed by atoms with Crippen LogP contribution in [0.25, 0.3) is 0 Å². The first-order valence-corrected chi connectivity index (χ1v) is 38.9. The Kier molecular flexibility index (Phi) is 64.6. The van der Waals surface area contributed by atoms with Crippen molar-refractivity contribution in [1.29, 1.82) is 0 Å². The highest BCUT2D eigenvalue weighted by atomic mass is 31.2. The maximum absolute atomic E-state index is 13.1. The van der Waals surface area contributed by atoms with Crippen molar-refractivity contribution in [1.82, 2.24) is 5.32 Å². The van der Waals surface area contributed by atoms with Gasteiger partial charge in [-0.1, -0.05) is 393 Å². The second-order valence-electron chi connectivity index (χ2n) is 27.4. The zero-order valence-corrected chi connectivity index (χ0v) is 57.4. The number of carbonyl (C=O) groups excluding carboxylic acids is 1. The number of aliphatic hydroxyl groups is 1. The number of phosphoric acid groups is 1. The molecule has 3 N–H and O–H groups in total. The van der Waals surface area contributed by atoms with Crippen LogP contribution in [0.1, 0.15) is 412 Å². The molecule has 1 amide bonds. The van der Waals surface area contributed by atoms with E-state index in [4.69, 9.17) is 9.05 Å². The molecule has 0 fully saturated rings. The number of nitrogens with one attached hydrogen (secondary N) is 1. The molecule has 0 aliphatic heterocycles. The number of rotatable bonds is 71. The molecule has 3 atom stereocenters. The van der Waals surface area contributed by atoms with Crippen molar-refractivity contribution in [3.05, 3.63) is 0 Å². The van der Waals surface area contributed by atoms with Gasteiger partial charge in [0.1, 0.15) is 13.2 Å². The standard InChI is InChI=1S/C73H149N2O6P/c1-6-8-10-12-14-16-18-20-22-24-26-28-30-32-34-35-36-37-38-39-41-42-44-46-48-50-52-54-56-58-60-62-64-66-72(76)71(70-81-82(78,79)80-69-68-75(3,4)5)74-73(77)67-65-63-61-59-57-55-53-51-49-47-45-43-40-33-31-29-27-25-23-21-19-17-15-13-11-9-7-2/h71-72,76H,6-70H2,1-5H3,(H-,74,77,78,79)/p+1. The van der Waals surface area contributed by atoms with Crippen molar-refractivity contribution in [2.75, 3.05) is 40.9 Å². The Bertz CT molecular complexity index is 1300. The van der Waals surface area contributed by atoms with Gasteiger partial charge in [0, 0.05) is 6.42 Å². The lowest BCUT2D eigenvalue weighted by Gasteiger charge is -2.26. The first kappa shape index (κ1) is 81.5. The molecule has 0 aromatic heterocycles. The number of nitrogens with zero attached hydrogens (tertiary/aromatic N) is 1. The summed E-state index contributed by atoms with van der Waals surface area (Å²) in [6.45, 7) is 4.97. The molecule has 0 aromatic rings. The van der Waals surface area contributed by atoms with Crippen molar-refractivity contribution >= 4 is 13.7 Å². The fourth-order valence-electron chi connectivity index (χ4n) is 12.1. The summed E-state index contributed by atoms with van der Waals surface area (Å²) >= 11 is 0. The van der Waals surface area contributed by atoms with Gasteiger partial charge in [-0.05, 0) is 12.8 Å². The molecule has 0 radical (unpaired) electrons. The third-order valence-electron chi connectivity index (χ3n) is 17.9. The molecule has 0 heterocycles. The topological polar surface area (TPSA) is 105 Å². The van der Waals surface area contributed by atoms with E-state index in [-0.39, 0.29) is 19.1 Å². The van der Waals surface area contributed by atoms with E-state index in [1.54, 1.807) is 0 Å². The lowest BCUT2D eigenvalue weighted by Crippen LogP contribution is -2.46. The molecule has 8 nitrogen and oxygen atoms in total. The van der Waals surface area contributed by atoms with Crippen LogP contribution in [0.15, 0.2) is 0 Å². The van der Waals surface area contributed by atoms with Crippen LogP contribution in [0.5, 0.6) is 0 Å². The minimum atomic E-state index is -4.33. The van der Waals surface area contributed by atoms with E-state index in [1.807, 2.05) is 21.1 Å². The van der Waals surface area contributed by atoms with Crippen molar-refractivity contribution in [3.8, 4) is 0 Å². The Balaban J connectivity index is 3.94. The predicted molar refractivity (Wildman–Crippen MR) is 360 cm³/mol. The first-order chi connectivity index (χ1) is 40.0. The number of phosphoric ester groups is 1. The fraction of sp³-hybridized carbons (Fsp3) is 0.986. The fourth-order valence-corrected chi connectivity index (χ4v) is 12.8. The smallest absolute Gasteiger partial charge is 0.391 e. The summed E-state index contributed by atoms with van der Waals surface area (Å²) in [5.41, 5.74) is 0. The zero-order valence-electron chi connectivity index (χ0n) is 56.5. The minimum absolute atomic E-state index is 0.0796. The van der Waals surface area contributed by atoms with Gasteiger partial charge in [-0.2, -0.15) is 0 Å². The minimum Gasteiger partial charge on any atom is -0.391 e. The number of aliphatic hydroxyl groups excluding tert-OH is 1. The summed E-state index contributed by atoms with van der Waals surface area (Å²) in [6, 6.07) is -0.757. The monoisotopic (exact) mass is 1180 g/mol. The molecule has 9 heteroatoms. The summed E-state index contributed by atoms with van der Waals surface area (Å²) in [5, 5.41) is 14.2. The number of hydrogen-bond acceptors (Lipinski definition) is 5. The molecule has 3 unspecified atom stereocenters. The van der Waals surface area contributed by atoms with E-state index in [9.17, 15) is 19.4 Å². The average molecular weight is 1180 g/mol. The maximum Gasteiger partial charge on any atom is 0.472 e. The van der Waals surface area contributed by atoms with Crippen LogP contribution in [-0.4, -0.2) is 73.4 Å². The highest BCUT2D eigenvalue weighted by Crippen LogP contribution is 2.43. The van der Waals surface area contributed by atoms with Gasteiger partial charge in [-0.3, -0.25) is 13.8 Å². The molecule has 492 valence electrons. The van der Waals surface area contributed by atoms with E-state index >= 15 is 0 Å². The molecule has 0 aromatic carbocycles. The molecule has 0 spiro atoms. The molecule has 0 aliphatic rings. The summed E-state index contributed by atoms with van der Waals surface area (Å²) < 4.78 is 23.9. The maximum atomic E-state index is 13.1. The predicted octanol–water partition coefficient (Wildman–Crippen LogP) is 23.9. The van der Waals surface area contributed by atoms with Gasteiger partial charge in [0.15, 0.2) is 0 Å². The SMILES string of the molecule is CCCCCCCCCCCCCCCCCCCCCCCCCCCCCCCCCCCC(O)C(COP(=O)(O)OCC[N+](C)(C)C)NC(=O)CCCCCCCCCCCCCCCCCCCCCCCCCCCCC. The van der Waals surface area contributed by atoms with Crippen LogP contribution < -0.4 is 5.32 Å². The normalized spacial score (nSPS) is 13.5.